The van der Waals surface area contributed by atoms with Crippen molar-refractivity contribution in [3.8, 4) is 0 Å². The van der Waals surface area contributed by atoms with Gasteiger partial charge >= 0.3 is 0 Å². The molecule has 4 nitrogen and oxygen atoms in total. The van der Waals surface area contributed by atoms with Crippen LogP contribution in [0.3, 0.4) is 0 Å². The second-order valence-electron chi connectivity index (χ2n) is 7.96. The van der Waals surface area contributed by atoms with Crippen molar-refractivity contribution in [3.63, 3.8) is 0 Å². The fourth-order valence-electron chi connectivity index (χ4n) is 4.32. The number of aromatic nitrogens is 2. The molecule has 6 heteroatoms. The number of nitrogens with zero attached hydrogens (tertiary/aromatic N) is 2. The van der Waals surface area contributed by atoms with E-state index in [1.54, 1.807) is 0 Å². The van der Waals surface area contributed by atoms with Crippen molar-refractivity contribution in [2.45, 2.75) is 13.1 Å². The fraction of sp³-hybridized carbons (Fsp3) is 0.308. The van der Waals surface area contributed by atoms with Crippen LogP contribution in [0.1, 0.15) is 0 Å². The third-order valence-electron chi connectivity index (χ3n) is 5.93. The van der Waals surface area contributed by atoms with E-state index in [0.717, 1.165) is 49.2 Å². The number of nitrogens with one attached hydrogen (secondary N) is 2. The number of pyridine rings is 2. The third kappa shape index (κ3) is 4.81. The van der Waals surface area contributed by atoms with E-state index in [2.05, 4.69) is 92.8 Å². The van der Waals surface area contributed by atoms with Gasteiger partial charge in [0.25, 0.3) is 0 Å². The minimum absolute atomic E-state index is 0.975. The number of benzene rings is 2. The zero-order chi connectivity index (χ0) is 21.6. The summed E-state index contributed by atoms with van der Waals surface area (Å²) in [5, 5.41) is 9.94. The van der Waals surface area contributed by atoms with Crippen LogP contribution in [0.5, 0.6) is 0 Å². The largest absolute Gasteiger partial charge is 0.383 e. The van der Waals surface area contributed by atoms with Crippen LogP contribution in [0.15, 0.2) is 73.1 Å². The van der Waals surface area contributed by atoms with Crippen LogP contribution in [-0.2, 0) is 13.1 Å². The average Bonchev–Trinajstić information content (AvgIpc) is 2.84. The quantitative estimate of drug-likeness (QED) is 0.375. The van der Waals surface area contributed by atoms with Crippen molar-refractivity contribution in [2.24, 2.45) is 0 Å². The number of hydrogen-bond acceptors (Lipinski definition) is 4. The minimum Gasteiger partial charge on any atom is -0.383 e. The zero-order valence-electron chi connectivity index (χ0n) is 18.3. The van der Waals surface area contributed by atoms with Crippen molar-refractivity contribution in [1.29, 1.82) is 0 Å². The van der Waals surface area contributed by atoms with E-state index in [1.165, 1.54) is 33.2 Å². The number of rotatable bonds is 0. The lowest BCUT2D eigenvalue weighted by molar-refractivity contribution is -0.667. The first-order valence-electron chi connectivity index (χ1n) is 11.4. The molecule has 0 unspecified atom stereocenters. The number of aryl methyl sites for hydroxylation is 2. The van der Waals surface area contributed by atoms with E-state index in [1.807, 2.05) is 23.5 Å². The van der Waals surface area contributed by atoms with Gasteiger partial charge in [0.2, 0.25) is 11.0 Å². The first-order chi connectivity index (χ1) is 15.9. The van der Waals surface area contributed by atoms with Gasteiger partial charge in [-0.1, -0.05) is 24.3 Å². The molecule has 4 bridgehead atoms. The highest BCUT2D eigenvalue weighted by atomic mass is 32.2. The molecule has 4 aromatic rings. The normalized spacial score (nSPS) is 16.0. The summed E-state index contributed by atoms with van der Waals surface area (Å²) < 4.78 is 4.78. The summed E-state index contributed by atoms with van der Waals surface area (Å²) >= 11 is 4.02. The van der Waals surface area contributed by atoms with Gasteiger partial charge in [0.15, 0.2) is 25.5 Å². The molecule has 0 saturated heterocycles. The van der Waals surface area contributed by atoms with E-state index in [0.29, 0.717) is 0 Å². The Balaban J connectivity index is 1.38. The van der Waals surface area contributed by atoms with Gasteiger partial charge in [0.1, 0.15) is 0 Å². The van der Waals surface area contributed by atoms with E-state index in [4.69, 9.17) is 0 Å². The number of hydrogen-bond donors (Lipinski definition) is 2. The fourth-order valence-corrected chi connectivity index (χ4v) is 5.87. The van der Waals surface area contributed by atoms with Gasteiger partial charge in [-0.25, -0.2) is 0 Å². The van der Waals surface area contributed by atoms with E-state index in [-0.39, 0.29) is 0 Å². The molecule has 2 aromatic carbocycles. The Morgan fingerprint density at radius 1 is 0.562 bits per heavy atom. The lowest BCUT2D eigenvalue weighted by atomic mass is 10.2. The highest BCUT2D eigenvalue weighted by Gasteiger charge is 2.14. The van der Waals surface area contributed by atoms with Crippen molar-refractivity contribution in [2.75, 3.05) is 46.7 Å². The summed E-state index contributed by atoms with van der Waals surface area (Å²) in [6.45, 7) is 4.00. The summed E-state index contributed by atoms with van der Waals surface area (Å²) in [5.41, 5.74) is 5.08. The Morgan fingerprint density at radius 3 is 1.56 bits per heavy atom. The van der Waals surface area contributed by atoms with Crippen molar-refractivity contribution in [3.05, 3.63) is 73.1 Å². The highest BCUT2D eigenvalue weighted by molar-refractivity contribution is 7.99. The van der Waals surface area contributed by atoms with Gasteiger partial charge in [-0.3, -0.25) is 0 Å². The van der Waals surface area contributed by atoms with Crippen LogP contribution in [0.4, 0.5) is 11.4 Å². The monoisotopic (exact) mass is 462 g/mol. The number of thioether (sulfide) groups is 2. The second-order valence-corrected chi connectivity index (χ2v) is 10.4. The summed E-state index contributed by atoms with van der Waals surface area (Å²) in [7, 11) is 0. The van der Waals surface area contributed by atoms with Gasteiger partial charge < -0.3 is 10.6 Å². The number of para-hydroxylation sites is 2. The smallest absolute Gasteiger partial charge is 0.214 e. The molecule has 4 heterocycles. The molecule has 0 radical (unpaired) electrons. The maximum Gasteiger partial charge on any atom is 0.214 e. The molecule has 2 N–H and O–H groups in total. The zero-order valence-corrected chi connectivity index (χ0v) is 19.9. The van der Waals surface area contributed by atoms with Crippen LogP contribution in [0.2, 0.25) is 0 Å². The van der Waals surface area contributed by atoms with Crippen molar-refractivity contribution < 1.29 is 9.13 Å². The number of fused-ring (bicyclic) bond motifs is 12. The molecule has 0 spiro atoms. The van der Waals surface area contributed by atoms with Crippen molar-refractivity contribution in [1.82, 2.24) is 0 Å². The SMILES string of the molecule is c1ccc2c(c1)c1cc[n+]2CCSCC[n+]2ccc(c3ccccc32)NCCSCCN1. The molecular weight excluding hydrogens is 432 g/mol. The van der Waals surface area contributed by atoms with Crippen LogP contribution in [0.25, 0.3) is 21.8 Å². The molecule has 0 saturated carbocycles. The predicted molar refractivity (Wildman–Crippen MR) is 140 cm³/mol. The van der Waals surface area contributed by atoms with Gasteiger partial charge in [0, 0.05) is 48.9 Å². The molecule has 0 fully saturated rings. The van der Waals surface area contributed by atoms with Crippen LogP contribution in [-0.4, -0.2) is 36.1 Å². The predicted octanol–water partition coefficient (Wildman–Crippen LogP) is 4.57. The minimum atomic E-state index is 0.975. The highest BCUT2D eigenvalue weighted by Crippen LogP contribution is 2.22. The molecule has 0 amide bonds. The Morgan fingerprint density at radius 2 is 1.03 bits per heavy atom. The van der Waals surface area contributed by atoms with Gasteiger partial charge in [0.05, 0.1) is 33.7 Å². The van der Waals surface area contributed by atoms with Gasteiger partial charge in [-0.2, -0.15) is 20.9 Å². The summed E-state index contributed by atoms with van der Waals surface area (Å²) in [6, 6.07) is 22.0. The Hall–Kier alpha value is -2.44. The number of anilines is 2. The Bertz CT molecular complexity index is 1120. The molecular formula is C26H30N4S2+2. The summed E-state index contributed by atoms with van der Waals surface area (Å²) in [4.78, 5) is 0. The molecule has 164 valence electrons. The average molecular weight is 463 g/mol. The molecule has 0 aliphatic carbocycles. The molecule has 2 aliphatic rings. The first kappa shape index (κ1) is 21.4. The van der Waals surface area contributed by atoms with Crippen LogP contribution < -0.4 is 19.8 Å². The summed E-state index contributed by atoms with van der Waals surface area (Å²) in [6.07, 6.45) is 4.48. The lowest BCUT2D eigenvalue weighted by Crippen LogP contribution is -2.37. The van der Waals surface area contributed by atoms with E-state index >= 15 is 0 Å². The molecule has 2 aliphatic heterocycles. The van der Waals surface area contributed by atoms with Gasteiger partial charge in [-0.05, 0) is 12.1 Å². The standard InChI is InChI=1S/C26H28N4S2/c1-3-7-25-21(5-1)23-9-13-29(25)15-19-32-20-16-30-14-10-24(22-6-2-4-8-26(22)30)28-12-18-31-17-11-27-23/h1-10,13-14H,11-12,15-20H2/p+2. The maximum absolute atomic E-state index is 3.66. The maximum atomic E-state index is 3.66. The Labute approximate surface area is 198 Å². The molecule has 0 atom stereocenters. The summed E-state index contributed by atoms with van der Waals surface area (Å²) in [5.74, 6) is 4.40. The molecule has 6 rings (SSSR count). The first-order valence-corrected chi connectivity index (χ1v) is 13.7. The van der Waals surface area contributed by atoms with Crippen LogP contribution >= 0.6 is 23.5 Å². The van der Waals surface area contributed by atoms with Gasteiger partial charge in [-0.15, -0.1) is 11.8 Å². The third-order valence-corrected chi connectivity index (χ3v) is 7.85. The Kier molecular flexibility index (Phi) is 6.99. The van der Waals surface area contributed by atoms with Crippen molar-refractivity contribution >= 4 is 56.7 Å². The van der Waals surface area contributed by atoms with Crippen LogP contribution in [0, 0.1) is 0 Å². The van der Waals surface area contributed by atoms with E-state index in [9.17, 15) is 0 Å². The molecule has 2 aromatic heterocycles. The molecule has 32 heavy (non-hydrogen) atoms. The second kappa shape index (κ2) is 10.5. The van der Waals surface area contributed by atoms with E-state index < -0.39 is 0 Å². The lowest BCUT2D eigenvalue weighted by Gasteiger charge is -2.12. The topological polar surface area (TPSA) is 31.8 Å².